The molecule has 0 saturated carbocycles. The molecule has 0 heterocycles. The molecule has 9 nitrogen and oxygen atoms in total. The predicted octanol–water partition coefficient (Wildman–Crippen LogP) is 15.8. The van der Waals surface area contributed by atoms with Crippen LogP contribution in [-0.2, 0) is 27.9 Å². The zero-order valence-electron chi connectivity index (χ0n) is 43.0. The summed E-state index contributed by atoms with van der Waals surface area (Å²) in [6.07, 6.45) is 50.2. The van der Waals surface area contributed by atoms with Gasteiger partial charge in [0.05, 0.1) is 33.8 Å². The Kier molecular flexibility index (Phi) is 44.2. The SMILES string of the molecule is CCCCCC/C=C\CCCCCCCCCC(=O)NC(COP(=O)(O)OCC[N+](C)(C)C)C(/C=C/CCCCCCCCCCCC)OC(=O)CCCCCCCCCCCCC. The molecule has 0 spiro atoms. The zero-order chi connectivity index (χ0) is 47.3. The molecule has 10 heteroatoms. The van der Waals surface area contributed by atoms with E-state index in [-0.39, 0.29) is 25.1 Å². The van der Waals surface area contributed by atoms with Crippen LogP contribution in [-0.4, -0.2) is 74.3 Å². The average molecular weight is 926 g/mol. The van der Waals surface area contributed by atoms with E-state index in [9.17, 15) is 19.0 Å². The van der Waals surface area contributed by atoms with Gasteiger partial charge in [-0.25, -0.2) is 4.57 Å². The molecule has 0 fully saturated rings. The van der Waals surface area contributed by atoms with Crippen LogP contribution in [0.2, 0.25) is 0 Å². The number of likely N-dealkylation sites (N-methyl/N-ethyl adjacent to an activating group) is 1. The molecule has 1 amide bonds. The highest BCUT2D eigenvalue weighted by Crippen LogP contribution is 2.43. The maximum absolute atomic E-state index is 13.4. The van der Waals surface area contributed by atoms with Crippen LogP contribution in [0, 0.1) is 0 Å². The van der Waals surface area contributed by atoms with Gasteiger partial charge in [-0.2, -0.15) is 0 Å². The monoisotopic (exact) mass is 926 g/mol. The van der Waals surface area contributed by atoms with Gasteiger partial charge in [0.15, 0.2) is 0 Å². The van der Waals surface area contributed by atoms with Crippen LogP contribution in [0.25, 0.3) is 0 Å². The number of phosphoric ester groups is 1. The number of nitrogens with one attached hydrogen (secondary N) is 1. The van der Waals surface area contributed by atoms with E-state index in [0.717, 1.165) is 64.2 Å². The highest BCUT2D eigenvalue weighted by molar-refractivity contribution is 7.47. The quantitative estimate of drug-likeness (QED) is 0.0205. The third kappa shape index (κ3) is 45.6. The van der Waals surface area contributed by atoms with Crippen molar-refractivity contribution in [1.82, 2.24) is 5.32 Å². The lowest BCUT2D eigenvalue weighted by molar-refractivity contribution is -0.870. The van der Waals surface area contributed by atoms with E-state index in [1.807, 2.05) is 33.3 Å². The maximum atomic E-state index is 13.4. The van der Waals surface area contributed by atoms with Crippen LogP contribution in [0.1, 0.15) is 258 Å². The summed E-state index contributed by atoms with van der Waals surface area (Å²) in [4.78, 5) is 37.4. The van der Waals surface area contributed by atoms with Crippen molar-refractivity contribution >= 4 is 19.7 Å². The fraction of sp³-hybridized carbons (Fsp3) is 0.889. The van der Waals surface area contributed by atoms with E-state index in [2.05, 4.69) is 38.2 Å². The lowest BCUT2D eigenvalue weighted by Crippen LogP contribution is -2.47. The van der Waals surface area contributed by atoms with Crippen LogP contribution < -0.4 is 5.32 Å². The number of phosphoric acid groups is 1. The summed E-state index contributed by atoms with van der Waals surface area (Å²) in [6, 6.07) is -0.842. The van der Waals surface area contributed by atoms with E-state index in [4.69, 9.17) is 13.8 Å². The van der Waals surface area contributed by atoms with Crippen LogP contribution in [0.4, 0.5) is 0 Å². The predicted molar refractivity (Wildman–Crippen MR) is 273 cm³/mol. The molecule has 0 rings (SSSR count). The van der Waals surface area contributed by atoms with E-state index in [1.165, 1.54) is 161 Å². The number of nitrogens with zero attached hydrogens (tertiary/aromatic N) is 1. The third-order valence-electron chi connectivity index (χ3n) is 12.1. The molecule has 0 bridgehead atoms. The standard InChI is InChI=1S/C54H105N2O7P/c1-7-10-13-16-19-22-25-27-28-29-32-34-37-40-43-46-53(57)55-51(50-62-64(59,60)61-49-48-56(4,5)6)52(45-42-39-36-33-31-26-23-20-17-14-11-8-2)63-54(58)47-44-41-38-35-30-24-21-18-15-12-9-3/h22,25,42,45,51-52H,7-21,23-24,26-41,43-44,46-50H2,1-6H3,(H-,55,57,59,60)/p+1/b25-22-,45-42+. The molecule has 378 valence electrons. The Morgan fingerprint density at radius 3 is 1.34 bits per heavy atom. The van der Waals surface area contributed by atoms with E-state index < -0.39 is 20.0 Å². The molecule has 0 aliphatic rings. The molecule has 2 N–H and O–H groups in total. The van der Waals surface area contributed by atoms with Gasteiger partial charge < -0.3 is 19.4 Å². The van der Waals surface area contributed by atoms with Crippen molar-refractivity contribution in [3.63, 3.8) is 0 Å². The molecule has 0 radical (unpaired) electrons. The Labute approximate surface area is 396 Å². The third-order valence-corrected chi connectivity index (χ3v) is 13.1. The fourth-order valence-electron chi connectivity index (χ4n) is 7.88. The summed E-state index contributed by atoms with van der Waals surface area (Å²) in [5, 5.41) is 3.04. The minimum Gasteiger partial charge on any atom is -0.456 e. The van der Waals surface area contributed by atoms with Gasteiger partial charge in [-0.05, 0) is 57.4 Å². The van der Waals surface area contributed by atoms with Gasteiger partial charge >= 0.3 is 13.8 Å². The van der Waals surface area contributed by atoms with Gasteiger partial charge in [0, 0.05) is 12.8 Å². The van der Waals surface area contributed by atoms with E-state index in [0.29, 0.717) is 23.9 Å². The molecule has 0 aromatic carbocycles. The number of ether oxygens (including phenoxy) is 1. The lowest BCUT2D eigenvalue weighted by Gasteiger charge is -2.27. The largest absolute Gasteiger partial charge is 0.472 e. The van der Waals surface area contributed by atoms with Crippen LogP contribution >= 0.6 is 7.82 Å². The van der Waals surface area contributed by atoms with Gasteiger partial charge in [0.25, 0.3) is 0 Å². The molecule has 0 aliphatic carbocycles. The number of rotatable bonds is 49. The number of unbranched alkanes of at least 4 members (excludes halogenated alkanes) is 31. The van der Waals surface area contributed by atoms with Gasteiger partial charge in [-0.3, -0.25) is 18.6 Å². The highest BCUT2D eigenvalue weighted by atomic mass is 31.2. The number of amides is 1. The van der Waals surface area contributed by atoms with Crippen LogP contribution in [0.5, 0.6) is 0 Å². The number of carbonyl (C=O) groups excluding carboxylic acids is 2. The summed E-state index contributed by atoms with van der Waals surface area (Å²) in [7, 11) is 1.50. The Hall–Kier alpha value is -1.51. The second-order valence-electron chi connectivity index (χ2n) is 19.8. The molecule has 0 saturated heterocycles. The second-order valence-corrected chi connectivity index (χ2v) is 21.2. The number of esters is 1. The van der Waals surface area contributed by atoms with Crippen LogP contribution in [0.15, 0.2) is 24.3 Å². The van der Waals surface area contributed by atoms with Gasteiger partial charge in [0.1, 0.15) is 19.3 Å². The number of hydrogen-bond donors (Lipinski definition) is 2. The molecule has 3 atom stereocenters. The van der Waals surface area contributed by atoms with Crippen molar-refractivity contribution in [2.45, 2.75) is 270 Å². The zero-order valence-corrected chi connectivity index (χ0v) is 43.9. The average Bonchev–Trinajstić information content (AvgIpc) is 3.25. The smallest absolute Gasteiger partial charge is 0.456 e. The summed E-state index contributed by atoms with van der Waals surface area (Å²) >= 11 is 0. The first-order chi connectivity index (χ1) is 30.9. The first-order valence-corrected chi connectivity index (χ1v) is 28.7. The molecule has 3 unspecified atom stereocenters. The Morgan fingerprint density at radius 1 is 0.531 bits per heavy atom. The van der Waals surface area contributed by atoms with Crippen molar-refractivity contribution in [1.29, 1.82) is 0 Å². The van der Waals surface area contributed by atoms with Crippen LogP contribution in [0.3, 0.4) is 0 Å². The van der Waals surface area contributed by atoms with Gasteiger partial charge in [-0.15, -0.1) is 0 Å². The van der Waals surface area contributed by atoms with Gasteiger partial charge in [0.2, 0.25) is 5.91 Å². The minimum absolute atomic E-state index is 0.0423. The normalized spacial score (nSPS) is 14.0. The molecule has 0 aromatic rings. The first kappa shape index (κ1) is 62.5. The minimum atomic E-state index is -4.43. The molecule has 0 aliphatic heterocycles. The Bertz CT molecular complexity index is 1160. The highest BCUT2D eigenvalue weighted by Gasteiger charge is 2.30. The Morgan fingerprint density at radius 2 is 0.906 bits per heavy atom. The summed E-state index contributed by atoms with van der Waals surface area (Å²) in [5.74, 6) is -0.503. The summed E-state index contributed by atoms with van der Waals surface area (Å²) < 4.78 is 30.5. The van der Waals surface area contributed by atoms with E-state index in [1.54, 1.807) is 0 Å². The summed E-state index contributed by atoms with van der Waals surface area (Å²) in [5.41, 5.74) is 0. The number of allylic oxidation sites excluding steroid dienone is 3. The number of hydrogen-bond acceptors (Lipinski definition) is 6. The first-order valence-electron chi connectivity index (χ1n) is 27.2. The molecule has 0 aromatic heterocycles. The lowest BCUT2D eigenvalue weighted by atomic mass is 10.0. The summed E-state index contributed by atoms with van der Waals surface area (Å²) in [6.45, 7) is 6.99. The number of carbonyl (C=O) groups is 2. The van der Waals surface area contributed by atoms with Crippen molar-refractivity contribution in [3.8, 4) is 0 Å². The van der Waals surface area contributed by atoms with E-state index >= 15 is 0 Å². The number of quaternary nitrogens is 1. The molecule has 64 heavy (non-hydrogen) atoms. The van der Waals surface area contributed by atoms with Crippen molar-refractivity contribution in [3.05, 3.63) is 24.3 Å². The molecular weight excluding hydrogens is 820 g/mol. The topological polar surface area (TPSA) is 111 Å². The van der Waals surface area contributed by atoms with Gasteiger partial charge in [-0.1, -0.05) is 212 Å². The second kappa shape index (κ2) is 45.3. The van der Waals surface area contributed by atoms with Crippen molar-refractivity contribution in [2.75, 3.05) is 40.9 Å². The maximum Gasteiger partial charge on any atom is 0.472 e. The Balaban J connectivity index is 5.38. The fourth-order valence-corrected chi connectivity index (χ4v) is 8.61. The molecular formula is C54H106N2O7P+. The van der Waals surface area contributed by atoms with Crippen molar-refractivity contribution < 1.29 is 37.3 Å². The van der Waals surface area contributed by atoms with Crippen molar-refractivity contribution in [2.24, 2.45) is 0 Å².